The van der Waals surface area contributed by atoms with Crippen molar-refractivity contribution in [2.45, 2.75) is 25.3 Å². The van der Waals surface area contributed by atoms with Crippen LogP contribution in [0.15, 0.2) is 61.1 Å². The van der Waals surface area contributed by atoms with E-state index < -0.39 is 0 Å². The summed E-state index contributed by atoms with van der Waals surface area (Å²) in [5.74, 6) is -0.0875. The minimum Gasteiger partial charge on any atom is -0.329 e. The van der Waals surface area contributed by atoms with Gasteiger partial charge in [-0.15, -0.1) is 0 Å². The molecule has 2 aromatic heterocycles. The Balaban J connectivity index is 1.55. The molecule has 3 heterocycles. The Labute approximate surface area is 163 Å². The van der Waals surface area contributed by atoms with Crippen LogP contribution in [0.3, 0.4) is 0 Å². The number of halogens is 1. The molecule has 0 saturated carbocycles. The van der Waals surface area contributed by atoms with Crippen molar-refractivity contribution in [3.8, 4) is 0 Å². The monoisotopic (exact) mass is 378 g/mol. The van der Waals surface area contributed by atoms with Gasteiger partial charge in [-0.2, -0.15) is 0 Å². The highest BCUT2D eigenvalue weighted by Gasteiger charge is 2.32. The second-order valence-electron chi connectivity index (χ2n) is 6.60. The van der Waals surface area contributed by atoms with Crippen LogP contribution in [0.1, 0.15) is 46.3 Å². The molecule has 0 unspecified atom stereocenters. The fourth-order valence-corrected chi connectivity index (χ4v) is 3.59. The van der Waals surface area contributed by atoms with Gasteiger partial charge in [-0.3, -0.25) is 14.8 Å². The third-order valence-corrected chi connectivity index (χ3v) is 5.02. The summed E-state index contributed by atoms with van der Waals surface area (Å²) < 4.78 is 0. The van der Waals surface area contributed by atoms with E-state index in [9.17, 15) is 4.79 Å². The molecule has 27 heavy (non-hydrogen) atoms. The third kappa shape index (κ3) is 3.98. The number of carbonyl (C=O) groups excluding carboxylic acids is 1. The Kier molecular flexibility index (Phi) is 5.12. The summed E-state index contributed by atoms with van der Waals surface area (Å²) in [5, 5.41) is 0.726. The lowest BCUT2D eigenvalue weighted by atomic mass is 10.1. The van der Waals surface area contributed by atoms with Crippen LogP contribution in [0.25, 0.3) is 0 Å². The van der Waals surface area contributed by atoms with Crippen molar-refractivity contribution in [2.75, 3.05) is 6.54 Å². The molecule has 1 saturated heterocycles. The molecule has 1 fully saturated rings. The Hall–Kier alpha value is -2.79. The Bertz CT molecular complexity index is 930. The quantitative estimate of drug-likeness (QED) is 0.686. The Morgan fingerprint density at radius 2 is 2.00 bits per heavy atom. The van der Waals surface area contributed by atoms with Crippen LogP contribution in [-0.4, -0.2) is 32.3 Å². The average Bonchev–Trinajstić information content (AvgIpc) is 3.20. The fourth-order valence-electron chi connectivity index (χ4n) is 3.47. The van der Waals surface area contributed by atoms with E-state index in [0.29, 0.717) is 12.2 Å². The van der Waals surface area contributed by atoms with Crippen LogP contribution in [0, 0.1) is 0 Å². The first-order chi connectivity index (χ1) is 13.2. The minimum absolute atomic E-state index is 0.0235. The maximum atomic E-state index is 12.8. The van der Waals surface area contributed by atoms with Gasteiger partial charge in [0.05, 0.1) is 17.9 Å². The predicted octanol–water partition coefficient (Wildman–Crippen LogP) is 4.09. The van der Waals surface area contributed by atoms with Gasteiger partial charge in [0.1, 0.15) is 5.69 Å². The Morgan fingerprint density at radius 1 is 1.15 bits per heavy atom. The largest absolute Gasteiger partial charge is 0.329 e. The predicted molar refractivity (Wildman–Crippen MR) is 104 cm³/mol. The van der Waals surface area contributed by atoms with E-state index in [-0.39, 0.29) is 11.9 Å². The molecule has 1 atom stereocenters. The first-order valence-corrected chi connectivity index (χ1v) is 9.36. The summed E-state index contributed by atoms with van der Waals surface area (Å²) >= 11 is 5.96. The highest BCUT2D eigenvalue weighted by Crippen LogP contribution is 2.32. The van der Waals surface area contributed by atoms with Gasteiger partial charge in [0.25, 0.3) is 5.91 Å². The highest BCUT2D eigenvalue weighted by molar-refractivity contribution is 6.30. The van der Waals surface area contributed by atoms with E-state index >= 15 is 0 Å². The lowest BCUT2D eigenvalue weighted by molar-refractivity contribution is 0.0726. The molecule has 4 rings (SSSR count). The van der Waals surface area contributed by atoms with Gasteiger partial charge < -0.3 is 4.90 Å². The maximum absolute atomic E-state index is 12.8. The van der Waals surface area contributed by atoms with Crippen molar-refractivity contribution in [3.05, 3.63) is 88.7 Å². The summed E-state index contributed by atoms with van der Waals surface area (Å²) in [6.45, 7) is 0.711. The van der Waals surface area contributed by atoms with E-state index in [2.05, 4.69) is 9.97 Å². The van der Waals surface area contributed by atoms with Crippen LogP contribution < -0.4 is 0 Å². The maximum Gasteiger partial charge on any atom is 0.274 e. The van der Waals surface area contributed by atoms with Gasteiger partial charge in [0, 0.05) is 36.1 Å². The smallest absolute Gasteiger partial charge is 0.274 e. The summed E-state index contributed by atoms with van der Waals surface area (Å²) in [5.41, 5.74) is 3.44. The standard InChI is InChI=1S/C21H19ClN4O/c22-16-8-6-15(7-9-16)13-17-3-1-4-18(25-17)20-5-2-12-26(20)21(27)19-14-23-10-11-24-19/h1,3-4,6-11,14,20H,2,5,12-13H2/t20-/m0/s1. The second-order valence-corrected chi connectivity index (χ2v) is 7.04. The molecular weight excluding hydrogens is 360 g/mol. The molecular formula is C21H19ClN4O. The zero-order valence-electron chi connectivity index (χ0n) is 14.8. The normalized spacial score (nSPS) is 16.5. The summed E-state index contributed by atoms with van der Waals surface area (Å²) in [6, 6.07) is 13.8. The van der Waals surface area contributed by atoms with Crippen LogP contribution >= 0.6 is 11.6 Å². The van der Waals surface area contributed by atoms with Crippen LogP contribution in [0.2, 0.25) is 5.02 Å². The van der Waals surface area contributed by atoms with Crippen molar-refractivity contribution in [2.24, 2.45) is 0 Å². The van der Waals surface area contributed by atoms with Gasteiger partial charge in [-0.1, -0.05) is 29.8 Å². The third-order valence-electron chi connectivity index (χ3n) is 4.76. The van der Waals surface area contributed by atoms with Gasteiger partial charge in [-0.05, 0) is 42.7 Å². The van der Waals surface area contributed by atoms with E-state index in [1.165, 1.54) is 6.20 Å². The van der Waals surface area contributed by atoms with Crippen molar-refractivity contribution in [1.82, 2.24) is 19.9 Å². The zero-order chi connectivity index (χ0) is 18.6. The van der Waals surface area contributed by atoms with Gasteiger partial charge >= 0.3 is 0 Å². The number of carbonyl (C=O) groups is 1. The van der Waals surface area contributed by atoms with E-state index in [1.807, 2.05) is 47.4 Å². The van der Waals surface area contributed by atoms with Crippen molar-refractivity contribution >= 4 is 17.5 Å². The van der Waals surface area contributed by atoms with Crippen LogP contribution in [-0.2, 0) is 6.42 Å². The van der Waals surface area contributed by atoms with Crippen LogP contribution in [0.4, 0.5) is 0 Å². The SMILES string of the molecule is O=C(c1cnccn1)N1CCC[C@H]1c1cccc(Cc2ccc(Cl)cc2)n1. The van der Waals surface area contributed by atoms with Gasteiger partial charge in [-0.25, -0.2) is 4.98 Å². The van der Waals surface area contributed by atoms with Gasteiger partial charge in [0.2, 0.25) is 0 Å². The number of pyridine rings is 1. The molecule has 6 heteroatoms. The molecule has 1 aliphatic rings. The van der Waals surface area contributed by atoms with E-state index in [1.54, 1.807) is 12.4 Å². The number of hydrogen-bond acceptors (Lipinski definition) is 4. The molecule has 0 spiro atoms. The zero-order valence-corrected chi connectivity index (χ0v) is 15.5. The van der Waals surface area contributed by atoms with Crippen molar-refractivity contribution < 1.29 is 4.79 Å². The molecule has 0 radical (unpaired) electrons. The minimum atomic E-state index is -0.0875. The molecule has 3 aromatic rings. The lowest BCUT2D eigenvalue weighted by Gasteiger charge is -2.24. The number of hydrogen-bond donors (Lipinski definition) is 0. The second kappa shape index (κ2) is 7.84. The number of benzene rings is 1. The fraction of sp³-hybridized carbons (Fsp3) is 0.238. The molecule has 136 valence electrons. The number of rotatable bonds is 4. The summed E-state index contributed by atoms with van der Waals surface area (Å²) in [7, 11) is 0. The first-order valence-electron chi connectivity index (χ1n) is 8.98. The van der Waals surface area contributed by atoms with E-state index in [4.69, 9.17) is 16.6 Å². The molecule has 0 aliphatic carbocycles. The highest BCUT2D eigenvalue weighted by atomic mass is 35.5. The molecule has 0 N–H and O–H groups in total. The molecule has 1 amide bonds. The van der Waals surface area contributed by atoms with Crippen molar-refractivity contribution in [3.63, 3.8) is 0 Å². The number of aromatic nitrogens is 3. The molecule has 0 bridgehead atoms. The molecule has 5 nitrogen and oxygen atoms in total. The van der Waals surface area contributed by atoms with E-state index in [0.717, 1.165) is 41.2 Å². The number of amides is 1. The average molecular weight is 379 g/mol. The molecule has 1 aliphatic heterocycles. The topological polar surface area (TPSA) is 59.0 Å². The van der Waals surface area contributed by atoms with Crippen molar-refractivity contribution in [1.29, 1.82) is 0 Å². The Morgan fingerprint density at radius 3 is 2.78 bits per heavy atom. The first kappa shape index (κ1) is 17.6. The summed E-state index contributed by atoms with van der Waals surface area (Å²) in [6.07, 6.45) is 7.23. The number of likely N-dealkylation sites (tertiary alicyclic amines) is 1. The molecule has 1 aromatic carbocycles. The van der Waals surface area contributed by atoms with Crippen LogP contribution in [0.5, 0.6) is 0 Å². The summed E-state index contributed by atoms with van der Waals surface area (Å²) in [4.78, 5) is 27.7. The number of nitrogens with zero attached hydrogens (tertiary/aromatic N) is 4. The lowest BCUT2D eigenvalue weighted by Crippen LogP contribution is -2.31. The van der Waals surface area contributed by atoms with Gasteiger partial charge in [0.15, 0.2) is 0 Å².